The zero-order valence-electron chi connectivity index (χ0n) is 13.7. The molecule has 0 aliphatic rings. The number of fused-ring (bicyclic) bond motifs is 1. The number of nitrogens with zero attached hydrogens (tertiary/aromatic N) is 2. The fourth-order valence-corrected chi connectivity index (χ4v) is 2.58. The van der Waals surface area contributed by atoms with Crippen LogP contribution in [0.4, 0.5) is 15.9 Å². The summed E-state index contributed by atoms with van der Waals surface area (Å²) in [5.41, 5.74) is 0.965. The Labute approximate surface area is 147 Å². The highest BCUT2D eigenvalue weighted by Gasteiger charge is 2.16. The number of anilines is 1. The molecule has 0 saturated carbocycles. The summed E-state index contributed by atoms with van der Waals surface area (Å²) in [6, 6.07) is 10.3. The van der Waals surface area contributed by atoms with E-state index in [1.54, 1.807) is 24.3 Å². The van der Waals surface area contributed by atoms with Gasteiger partial charge in [0.25, 0.3) is 5.69 Å². The molecule has 0 spiro atoms. The number of methoxy groups -OCH3 is 1. The Hall–Kier alpha value is -3.55. The van der Waals surface area contributed by atoms with Gasteiger partial charge < -0.3 is 10.1 Å². The number of halogens is 1. The van der Waals surface area contributed by atoms with Gasteiger partial charge in [-0.3, -0.25) is 10.1 Å². The first-order valence-corrected chi connectivity index (χ1v) is 7.63. The highest BCUT2D eigenvalue weighted by molar-refractivity contribution is 5.97. The summed E-state index contributed by atoms with van der Waals surface area (Å²) in [5.74, 6) is -0.798. The van der Waals surface area contributed by atoms with Gasteiger partial charge in [-0.1, -0.05) is 12.1 Å². The van der Waals surface area contributed by atoms with Crippen molar-refractivity contribution in [1.82, 2.24) is 4.98 Å². The Morgan fingerprint density at radius 1 is 1.23 bits per heavy atom. The van der Waals surface area contributed by atoms with Crippen LogP contribution in [0.1, 0.15) is 15.9 Å². The van der Waals surface area contributed by atoms with Crippen LogP contribution in [-0.4, -0.2) is 23.0 Å². The molecule has 0 unspecified atom stereocenters. The summed E-state index contributed by atoms with van der Waals surface area (Å²) in [5, 5.41) is 14.8. The molecule has 1 heterocycles. The zero-order valence-corrected chi connectivity index (χ0v) is 13.7. The third-order valence-corrected chi connectivity index (χ3v) is 3.85. The number of ether oxygens (including phenoxy) is 1. The van der Waals surface area contributed by atoms with Crippen LogP contribution in [0, 0.1) is 15.9 Å². The van der Waals surface area contributed by atoms with Crippen LogP contribution in [-0.2, 0) is 11.3 Å². The highest BCUT2D eigenvalue weighted by Crippen LogP contribution is 2.30. The lowest BCUT2D eigenvalue weighted by atomic mass is 10.1. The third-order valence-electron chi connectivity index (χ3n) is 3.85. The van der Waals surface area contributed by atoms with Crippen molar-refractivity contribution in [3.05, 3.63) is 75.7 Å². The number of nitro benzene ring substituents is 1. The first-order chi connectivity index (χ1) is 12.5. The minimum atomic E-state index is -0.706. The summed E-state index contributed by atoms with van der Waals surface area (Å²) in [6.45, 7) is 0.345. The van der Waals surface area contributed by atoms with Crippen molar-refractivity contribution in [3.8, 4) is 0 Å². The number of nitrogens with one attached hydrogen (secondary N) is 1. The minimum absolute atomic E-state index is 0.301. The number of esters is 1. The summed E-state index contributed by atoms with van der Waals surface area (Å²) >= 11 is 0. The lowest BCUT2D eigenvalue weighted by Crippen LogP contribution is -2.04. The van der Waals surface area contributed by atoms with Crippen molar-refractivity contribution >= 4 is 28.2 Å². The maximum atomic E-state index is 13.8. The monoisotopic (exact) mass is 355 g/mol. The molecular formula is C18H14FN3O4. The largest absolute Gasteiger partial charge is 0.465 e. The molecule has 3 aromatic rings. The quantitative estimate of drug-likeness (QED) is 0.426. The number of non-ortho nitro benzene ring substituents is 1. The number of aromatic nitrogens is 1. The number of hydrogen-bond acceptors (Lipinski definition) is 6. The van der Waals surface area contributed by atoms with Gasteiger partial charge in [-0.2, -0.15) is 0 Å². The van der Waals surface area contributed by atoms with E-state index in [4.69, 9.17) is 0 Å². The van der Waals surface area contributed by atoms with Crippen LogP contribution >= 0.6 is 0 Å². The van der Waals surface area contributed by atoms with E-state index in [-0.39, 0.29) is 5.69 Å². The number of nitro groups is 1. The van der Waals surface area contributed by atoms with Crippen molar-refractivity contribution in [2.24, 2.45) is 0 Å². The maximum Gasteiger partial charge on any atom is 0.337 e. The van der Waals surface area contributed by atoms with Gasteiger partial charge in [-0.25, -0.2) is 14.2 Å². The van der Waals surface area contributed by atoms with E-state index in [1.807, 2.05) is 0 Å². The van der Waals surface area contributed by atoms with Crippen LogP contribution in [0.25, 0.3) is 10.8 Å². The topological polar surface area (TPSA) is 94.4 Å². The number of carbonyl (C=O) groups is 1. The first-order valence-electron chi connectivity index (χ1n) is 7.63. The van der Waals surface area contributed by atoms with Crippen LogP contribution in [0.15, 0.2) is 48.7 Å². The fourth-order valence-electron chi connectivity index (χ4n) is 2.58. The van der Waals surface area contributed by atoms with Gasteiger partial charge in [0, 0.05) is 18.1 Å². The van der Waals surface area contributed by atoms with Crippen molar-refractivity contribution in [3.63, 3.8) is 0 Å². The zero-order chi connectivity index (χ0) is 18.7. The molecule has 0 bridgehead atoms. The lowest BCUT2D eigenvalue weighted by Gasteiger charge is -2.10. The van der Waals surface area contributed by atoms with Gasteiger partial charge in [0.05, 0.1) is 29.0 Å². The predicted molar refractivity (Wildman–Crippen MR) is 93.5 cm³/mol. The van der Waals surface area contributed by atoms with Gasteiger partial charge in [0.1, 0.15) is 11.6 Å². The van der Waals surface area contributed by atoms with Crippen LogP contribution in [0.2, 0.25) is 0 Å². The Kier molecular flexibility index (Phi) is 4.74. The number of rotatable bonds is 5. The molecule has 3 rings (SSSR count). The molecule has 1 aromatic heterocycles. The smallest absolute Gasteiger partial charge is 0.337 e. The molecule has 2 aromatic carbocycles. The molecule has 8 heteroatoms. The molecule has 0 aliphatic heterocycles. The lowest BCUT2D eigenvalue weighted by molar-refractivity contribution is -0.383. The molecule has 0 aliphatic carbocycles. The summed E-state index contributed by atoms with van der Waals surface area (Å²) in [6.07, 6.45) is 1.43. The molecule has 1 N–H and O–H groups in total. The Bertz CT molecular complexity index is 990. The van der Waals surface area contributed by atoms with E-state index >= 15 is 0 Å². The molecule has 26 heavy (non-hydrogen) atoms. The minimum Gasteiger partial charge on any atom is -0.465 e. The summed E-state index contributed by atoms with van der Waals surface area (Å²) in [7, 11) is 1.31. The van der Waals surface area contributed by atoms with Gasteiger partial charge in [-0.15, -0.1) is 0 Å². The van der Waals surface area contributed by atoms with Crippen LogP contribution in [0.3, 0.4) is 0 Å². The van der Waals surface area contributed by atoms with Crippen LogP contribution in [0.5, 0.6) is 0 Å². The third kappa shape index (κ3) is 3.44. The molecule has 0 radical (unpaired) electrons. The summed E-state index contributed by atoms with van der Waals surface area (Å²) < 4.78 is 18.4. The number of benzene rings is 2. The Morgan fingerprint density at radius 3 is 2.62 bits per heavy atom. The first kappa shape index (κ1) is 17.3. The maximum absolute atomic E-state index is 13.8. The van der Waals surface area contributed by atoms with Crippen LogP contribution < -0.4 is 5.32 Å². The molecule has 0 atom stereocenters. The second-order valence-corrected chi connectivity index (χ2v) is 5.48. The standard InChI is InChI=1S/C18H14FN3O4/c1-26-18(23)12-4-2-11(3-5-12)10-21-17-15-8-13(19)9-16(22(24)25)14(15)6-7-20-17/h2-9H,10H2,1H3,(H,20,21). The van der Waals surface area contributed by atoms with Gasteiger partial charge in [0.15, 0.2) is 0 Å². The van der Waals surface area contributed by atoms with Crippen molar-refractivity contribution in [2.45, 2.75) is 6.54 Å². The van der Waals surface area contributed by atoms with E-state index < -0.39 is 16.7 Å². The second kappa shape index (κ2) is 7.14. The summed E-state index contributed by atoms with van der Waals surface area (Å²) in [4.78, 5) is 26.1. The molecular weight excluding hydrogens is 341 g/mol. The van der Waals surface area contributed by atoms with Crippen molar-refractivity contribution in [2.75, 3.05) is 12.4 Å². The second-order valence-electron chi connectivity index (χ2n) is 5.48. The van der Waals surface area contributed by atoms with E-state index in [1.165, 1.54) is 25.4 Å². The van der Waals surface area contributed by atoms with Gasteiger partial charge >= 0.3 is 5.97 Å². The Morgan fingerprint density at radius 2 is 1.96 bits per heavy atom. The molecule has 0 saturated heterocycles. The van der Waals surface area contributed by atoms with Crippen molar-refractivity contribution < 1.29 is 18.8 Å². The number of hydrogen-bond donors (Lipinski definition) is 1. The normalized spacial score (nSPS) is 10.5. The van der Waals surface area contributed by atoms with E-state index in [2.05, 4.69) is 15.0 Å². The van der Waals surface area contributed by atoms with E-state index in [0.29, 0.717) is 28.7 Å². The Balaban J connectivity index is 1.87. The van der Waals surface area contributed by atoms with Gasteiger partial charge in [-0.05, 0) is 29.8 Å². The average Bonchev–Trinajstić information content (AvgIpc) is 2.65. The molecule has 132 valence electrons. The average molecular weight is 355 g/mol. The molecule has 0 fully saturated rings. The van der Waals surface area contributed by atoms with E-state index in [0.717, 1.165) is 11.6 Å². The van der Waals surface area contributed by atoms with Gasteiger partial charge in [0.2, 0.25) is 0 Å². The van der Waals surface area contributed by atoms with Crippen molar-refractivity contribution in [1.29, 1.82) is 0 Å². The number of carbonyl (C=O) groups excluding carboxylic acids is 1. The highest BCUT2D eigenvalue weighted by atomic mass is 19.1. The predicted octanol–water partition coefficient (Wildman–Crippen LogP) is 3.68. The van der Waals surface area contributed by atoms with E-state index in [9.17, 15) is 19.3 Å². The number of pyridine rings is 1. The molecule has 7 nitrogen and oxygen atoms in total. The molecule has 0 amide bonds. The fraction of sp³-hybridized carbons (Fsp3) is 0.111. The SMILES string of the molecule is COC(=O)c1ccc(CNc2nccc3c([N+](=O)[O-])cc(F)cc23)cc1.